The number of ether oxygens (including phenoxy) is 1. The number of aromatic nitrogens is 2. The van der Waals surface area contributed by atoms with Crippen LogP contribution in [0.3, 0.4) is 0 Å². The lowest BCUT2D eigenvalue weighted by Crippen LogP contribution is -2.58. The standard InChI is InChI=1S/C34H35FN5O7PS/c35-31(48(44,45)46)21-4-7-29-22(14-21)15-30(49-29)32(41)38-26-3-1-2-24-5-6-27(40(24)33(26)42)34(43)39-17-23(18-39)25-16-37-13-10-28(25)47-19-20-8-11-36-12-9-20/h4,7-16,23-24,26-27,31H,1-3,5-6,17-19H2,(H,38,41)(H2,44,45,46)/t24-,26-,27-,31?/m0/s1. The first-order valence-electron chi connectivity index (χ1n) is 16.2. The number of halogens is 1. The number of rotatable bonds is 9. The quantitative estimate of drug-likeness (QED) is 0.210. The predicted molar refractivity (Wildman–Crippen MR) is 179 cm³/mol. The molecule has 4 atom stereocenters. The lowest BCUT2D eigenvalue weighted by molar-refractivity contribution is -0.148. The van der Waals surface area contributed by atoms with Crippen molar-refractivity contribution in [2.45, 2.75) is 68.7 Å². The number of hydrogen-bond donors (Lipinski definition) is 3. The molecule has 1 unspecified atom stereocenters. The molecule has 3 aliphatic rings. The Hall–Kier alpha value is -4.23. The van der Waals surface area contributed by atoms with E-state index in [0.717, 1.165) is 41.1 Å². The van der Waals surface area contributed by atoms with Crippen molar-refractivity contribution in [2.24, 2.45) is 0 Å². The van der Waals surface area contributed by atoms with Gasteiger partial charge in [-0.25, -0.2) is 4.39 Å². The van der Waals surface area contributed by atoms with E-state index < -0.39 is 31.5 Å². The van der Waals surface area contributed by atoms with Crippen LogP contribution < -0.4 is 10.1 Å². The summed E-state index contributed by atoms with van der Waals surface area (Å²) in [5.41, 5.74) is 1.75. The molecular weight excluding hydrogens is 672 g/mol. The molecule has 4 aromatic rings. The second-order valence-corrected chi connectivity index (χ2v) is 15.5. The van der Waals surface area contributed by atoms with Crippen LogP contribution in [0.5, 0.6) is 5.75 Å². The molecule has 3 amide bonds. The van der Waals surface area contributed by atoms with E-state index in [1.165, 1.54) is 24.3 Å². The summed E-state index contributed by atoms with van der Waals surface area (Å²) in [6.07, 6.45) is 10.1. The van der Waals surface area contributed by atoms with Crippen LogP contribution in [0.2, 0.25) is 0 Å². The van der Waals surface area contributed by atoms with Crippen molar-refractivity contribution in [2.75, 3.05) is 13.1 Å². The minimum Gasteiger partial charge on any atom is -0.488 e. The number of nitrogens with one attached hydrogen (secondary N) is 1. The zero-order valence-electron chi connectivity index (χ0n) is 26.4. The van der Waals surface area contributed by atoms with Gasteiger partial charge < -0.3 is 29.6 Å². The third-order valence-corrected chi connectivity index (χ3v) is 11.6. The minimum absolute atomic E-state index is 0.0547. The Balaban J connectivity index is 0.996. The number of carbonyl (C=O) groups is 3. The zero-order valence-corrected chi connectivity index (χ0v) is 28.1. The summed E-state index contributed by atoms with van der Waals surface area (Å²) in [4.78, 5) is 71.7. The van der Waals surface area contributed by atoms with Crippen LogP contribution >= 0.6 is 18.9 Å². The number of amides is 3. The first-order chi connectivity index (χ1) is 23.6. The molecule has 12 nitrogen and oxygen atoms in total. The molecule has 3 N–H and O–H groups in total. The molecule has 7 rings (SSSR count). The van der Waals surface area contributed by atoms with Crippen LogP contribution in [0.15, 0.2) is 67.3 Å². The molecule has 1 aromatic carbocycles. The van der Waals surface area contributed by atoms with E-state index in [0.29, 0.717) is 49.0 Å². The predicted octanol–water partition coefficient (Wildman–Crippen LogP) is 4.68. The fourth-order valence-corrected chi connectivity index (χ4v) is 8.52. The fraction of sp³-hybridized carbons (Fsp3) is 0.382. The third kappa shape index (κ3) is 6.83. The summed E-state index contributed by atoms with van der Waals surface area (Å²) >= 11 is 1.14. The molecule has 3 fully saturated rings. The molecular formula is C34H35FN5O7PS. The Labute approximate surface area is 285 Å². The highest BCUT2D eigenvalue weighted by atomic mass is 32.1. The largest absolute Gasteiger partial charge is 0.488 e. The second kappa shape index (κ2) is 13.6. The summed E-state index contributed by atoms with van der Waals surface area (Å²) in [5, 5.41) is 3.33. The van der Waals surface area contributed by atoms with E-state index in [-0.39, 0.29) is 34.2 Å². The first kappa shape index (κ1) is 33.3. The SMILES string of the molecule is O=C(N[C@H]1CCC[C@H]2CC[C@@H](C(=O)N3CC(c4cnccc4OCc4ccncc4)C3)N2C1=O)c1cc2cc(C(F)P(=O)(O)O)ccc2s1. The molecule has 49 heavy (non-hydrogen) atoms. The van der Waals surface area contributed by atoms with Crippen molar-refractivity contribution < 1.29 is 37.9 Å². The Morgan fingerprint density at radius 3 is 2.59 bits per heavy atom. The van der Waals surface area contributed by atoms with Gasteiger partial charge in [0.1, 0.15) is 24.4 Å². The number of nitrogens with zero attached hydrogens (tertiary/aromatic N) is 4. The van der Waals surface area contributed by atoms with E-state index in [1.54, 1.807) is 34.6 Å². The van der Waals surface area contributed by atoms with Crippen LogP contribution in [0, 0.1) is 0 Å². The van der Waals surface area contributed by atoms with Crippen molar-refractivity contribution in [3.8, 4) is 5.75 Å². The smallest absolute Gasteiger partial charge is 0.363 e. The van der Waals surface area contributed by atoms with E-state index in [2.05, 4.69) is 15.3 Å². The number of pyridine rings is 2. The average Bonchev–Trinajstić information content (AvgIpc) is 3.67. The van der Waals surface area contributed by atoms with Gasteiger partial charge in [-0.3, -0.25) is 28.9 Å². The van der Waals surface area contributed by atoms with Gasteiger partial charge >= 0.3 is 7.60 Å². The molecule has 3 aliphatic heterocycles. The molecule has 0 bridgehead atoms. The fourth-order valence-electron chi connectivity index (χ4n) is 7.02. The summed E-state index contributed by atoms with van der Waals surface area (Å²) in [7, 11) is -4.98. The van der Waals surface area contributed by atoms with Gasteiger partial charge in [0.2, 0.25) is 17.7 Å². The third-order valence-electron chi connectivity index (χ3n) is 9.60. The monoisotopic (exact) mass is 707 g/mol. The highest BCUT2D eigenvalue weighted by molar-refractivity contribution is 7.51. The van der Waals surface area contributed by atoms with Crippen LogP contribution in [0.25, 0.3) is 10.1 Å². The van der Waals surface area contributed by atoms with Crippen LogP contribution in [-0.4, -0.2) is 78.5 Å². The van der Waals surface area contributed by atoms with Gasteiger partial charge in [0.25, 0.3) is 5.91 Å². The lowest BCUT2D eigenvalue weighted by atomic mass is 9.91. The van der Waals surface area contributed by atoms with Crippen LogP contribution in [0.4, 0.5) is 4.39 Å². The molecule has 3 saturated heterocycles. The maximum Gasteiger partial charge on any atom is 0.363 e. The van der Waals surface area contributed by atoms with Gasteiger partial charge in [-0.2, -0.15) is 0 Å². The minimum atomic E-state index is -4.98. The van der Waals surface area contributed by atoms with Gasteiger partial charge in [-0.1, -0.05) is 6.07 Å². The Bertz CT molecular complexity index is 1930. The maximum absolute atomic E-state index is 14.3. The topological polar surface area (TPSA) is 162 Å². The van der Waals surface area contributed by atoms with E-state index in [9.17, 15) is 33.1 Å². The van der Waals surface area contributed by atoms with Crippen molar-refractivity contribution in [1.29, 1.82) is 0 Å². The van der Waals surface area contributed by atoms with Gasteiger partial charge in [0.15, 0.2) is 0 Å². The number of fused-ring (bicyclic) bond motifs is 2. The normalized spacial score (nSPS) is 21.9. The molecule has 0 radical (unpaired) electrons. The van der Waals surface area contributed by atoms with E-state index in [4.69, 9.17) is 4.74 Å². The highest BCUT2D eigenvalue weighted by Crippen LogP contribution is 2.53. The van der Waals surface area contributed by atoms with E-state index in [1.807, 2.05) is 18.2 Å². The summed E-state index contributed by atoms with van der Waals surface area (Å²) < 4.78 is 32.4. The Morgan fingerprint density at radius 2 is 1.82 bits per heavy atom. The molecule has 0 saturated carbocycles. The number of thiophene rings is 1. The molecule has 0 aliphatic carbocycles. The van der Waals surface area contributed by atoms with E-state index >= 15 is 0 Å². The Morgan fingerprint density at radius 1 is 1.04 bits per heavy atom. The lowest BCUT2D eigenvalue weighted by Gasteiger charge is -2.42. The number of hydrogen-bond acceptors (Lipinski definition) is 8. The molecule has 0 spiro atoms. The summed E-state index contributed by atoms with van der Waals surface area (Å²) in [6, 6.07) is 9.78. The van der Waals surface area contributed by atoms with Gasteiger partial charge in [0.05, 0.1) is 4.88 Å². The molecule has 256 valence electrons. The Kier molecular flexibility index (Phi) is 9.23. The van der Waals surface area contributed by atoms with Crippen LogP contribution in [-0.2, 0) is 20.8 Å². The second-order valence-electron chi connectivity index (χ2n) is 12.8. The first-order valence-corrected chi connectivity index (χ1v) is 18.7. The summed E-state index contributed by atoms with van der Waals surface area (Å²) in [6.45, 7) is 1.37. The molecule has 15 heteroatoms. The van der Waals surface area contributed by atoms with Gasteiger partial charge in [0, 0.05) is 60.1 Å². The summed E-state index contributed by atoms with van der Waals surface area (Å²) in [5.74, 6) is -2.53. The maximum atomic E-state index is 14.3. The number of benzene rings is 1. The number of likely N-dealkylation sites (tertiary alicyclic amines) is 1. The van der Waals surface area contributed by atoms with Gasteiger partial charge in [-0.05, 0) is 85.0 Å². The van der Waals surface area contributed by atoms with Crippen LogP contribution in [0.1, 0.15) is 70.3 Å². The molecule has 6 heterocycles. The van der Waals surface area contributed by atoms with Crippen molar-refractivity contribution in [3.05, 3.63) is 88.8 Å². The van der Waals surface area contributed by atoms with Crippen molar-refractivity contribution >= 4 is 46.7 Å². The highest BCUT2D eigenvalue weighted by Gasteiger charge is 2.48. The van der Waals surface area contributed by atoms with Crippen molar-refractivity contribution in [3.63, 3.8) is 0 Å². The van der Waals surface area contributed by atoms with Crippen molar-refractivity contribution in [1.82, 2.24) is 25.1 Å². The number of carbonyl (C=O) groups excluding carboxylic acids is 3. The zero-order chi connectivity index (χ0) is 34.3. The molecule has 3 aromatic heterocycles. The van der Waals surface area contributed by atoms with Gasteiger partial charge in [-0.15, -0.1) is 11.3 Å². The average molecular weight is 708 g/mol. The number of alkyl halides is 1.